The summed E-state index contributed by atoms with van der Waals surface area (Å²) in [6.45, 7) is 9.04. The van der Waals surface area contributed by atoms with Crippen molar-refractivity contribution in [1.82, 2.24) is 4.90 Å². The van der Waals surface area contributed by atoms with Gasteiger partial charge in [-0.25, -0.2) is 0 Å². The lowest BCUT2D eigenvalue weighted by atomic mass is 10.0. The van der Waals surface area contributed by atoms with E-state index in [9.17, 15) is 5.11 Å². The third-order valence-electron chi connectivity index (χ3n) is 3.61. The van der Waals surface area contributed by atoms with Gasteiger partial charge < -0.3 is 9.84 Å². The molecule has 2 atom stereocenters. The normalized spacial score (nSPS) is 24.6. The van der Waals surface area contributed by atoms with E-state index in [0.717, 1.165) is 31.6 Å². The van der Waals surface area contributed by atoms with E-state index in [1.165, 1.54) is 0 Å². The molecule has 2 rings (SSSR count). The second-order valence-electron chi connectivity index (χ2n) is 6.28. The first-order valence-corrected chi connectivity index (χ1v) is 7.57. The molecule has 1 fully saturated rings. The summed E-state index contributed by atoms with van der Waals surface area (Å²) >= 11 is 5.86. The van der Waals surface area contributed by atoms with Crippen LogP contribution in [0.5, 0.6) is 0 Å². The second-order valence-corrected chi connectivity index (χ2v) is 6.72. The molecule has 3 nitrogen and oxygen atoms in total. The van der Waals surface area contributed by atoms with Crippen molar-refractivity contribution in [3.05, 3.63) is 34.9 Å². The van der Waals surface area contributed by atoms with E-state index in [1.54, 1.807) is 0 Å². The first kappa shape index (κ1) is 15.8. The van der Waals surface area contributed by atoms with Gasteiger partial charge >= 0.3 is 0 Å². The van der Waals surface area contributed by atoms with Gasteiger partial charge in [-0.3, -0.25) is 4.90 Å². The fourth-order valence-electron chi connectivity index (χ4n) is 2.91. The van der Waals surface area contributed by atoms with Gasteiger partial charge in [-0.05, 0) is 44.9 Å². The largest absolute Gasteiger partial charge is 0.388 e. The molecule has 2 unspecified atom stereocenters. The number of aliphatic hydroxyl groups is 1. The van der Waals surface area contributed by atoms with Crippen molar-refractivity contribution >= 4 is 11.6 Å². The van der Waals surface area contributed by atoms with Crippen LogP contribution in [-0.4, -0.2) is 41.3 Å². The van der Waals surface area contributed by atoms with Crippen molar-refractivity contribution in [3.63, 3.8) is 0 Å². The first-order valence-electron chi connectivity index (χ1n) is 7.19. The summed E-state index contributed by atoms with van der Waals surface area (Å²) < 4.78 is 5.89. The van der Waals surface area contributed by atoms with Crippen molar-refractivity contribution in [2.24, 2.45) is 0 Å². The quantitative estimate of drug-likeness (QED) is 0.926. The molecule has 1 N–H and O–H groups in total. The Labute approximate surface area is 126 Å². The Hall–Kier alpha value is -0.610. The molecule has 1 aliphatic heterocycles. The van der Waals surface area contributed by atoms with Crippen molar-refractivity contribution in [3.8, 4) is 0 Å². The zero-order valence-electron chi connectivity index (χ0n) is 12.5. The van der Waals surface area contributed by atoms with Crippen LogP contribution in [0.15, 0.2) is 24.3 Å². The lowest BCUT2D eigenvalue weighted by molar-refractivity contribution is -0.130. The maximum absolute atomic E-state index is 10.2. The number of ether oxygens (including phenoxy) is 1. The molecule has 0 aliphatic carbocycles. The van der Waals surface area contributed by atoms with Gasteiger partial charge in [0.2, 0.25) is 0 Å². The third kappa shape index (κ3) is 4.45. The van der Waals surface area contributed by atoms with Crippen LogP contribution >= 0.6 is 11.6 Å². The fourth-order valence-corrected chi connectivity index (χ4v) is 3.04. The lowest BCUT2D eigenvalue weighted by Crippen LogP contribution is -2.52. The van der Waals surface area contributed by atoms with Crippen molar-refractivity contribution in [2.75, 3.05) is 19.6 Å². The van der Waals surface area contributed by atoms with Gasteiger partial charge in [0.15, 0.2) is 0 Å². The van der Waals surface area contributed by atoms with E-state index >= 15 is 0 Å². The van der Waals surface area contributed by atoms with Gasteiger partial charge in [0.25, 0.3) is 0 Å². The SMILES string of the molecule is CC1CN(CCC(O)c2ccc(Cl)cc2)CC(C)(C)O1. The van der Waals surface area contributed by atoms with Crippen molar-refractivity contribution in [1.29, 1.82) is 0 Å². The molecule has 112 valence electrons. The summed E-state index contributed by atoms with van der Waals surface area (Å²) in [7, 11) is 0. The van der Waals surface area contributed by atoms with Crippen LogP contribution < -0.4 is 0 Å². The number of rotatable bonds is 4. The highest BCUT2D eigenvalue weighted by molar-refractivity contribution is 6.30. The molecule has 20 heavy (non-hydrogen) atoms. The Balaban J connectivity index is 1.86. The highest BCUT2D eigenvalue weighted by atomic mass is 35.5. The predicted octanol–water partition coefficient (Wildman–Crippen LogP) is 3.26. The summed E-state index contributed by atoms with van der Waals surface area (Å²) in [5.74, 6) is 0. The minimum absolute atomic E-state index is 0.108. The van der Waals surface area contributed by atoms with Gasteiger partial charge in [0.05, 0.1) is 17.8 Å². The van der Waals surface area contributed by atoms with Gasteiger partial charge in [-0.1, -0.05) is 23.7 Å². The summed E-state index contributed by atoms with van der Waals surface area (Å²) in [6, 6.07) is 7.41. The zero-order valence-corrected chi connectivity index (χ0v) is 13.2. The van der Waals surface area contributed by atoms with E-state index in [2.05, 4.69) is 25.7 Å². The Morgan fingerprint density at radius 1 is 1.40 bits per heavy atom. The van der Waals surface area contributed by atoms with Gasteiger partial charge in [0, 0.05) is 24.7 Å². The van der Waals surface area contributed by atoms with E-state index in [1.807, 2.05) is 24.3 Å². The van der Waals surface area contributed by atoms with Crippen LogP contribution in [0.1, 0.15) is 38.9 Å². The highest BCUT2D eigenvalue weighted by Crippen LogP contribution is 2.23. The van der Waals surface area contributed by atoms with Crippen LogP contribution in [0.3, 0.4) is 0 Å². The van der Waals surface area contributed by atoms with Crippen LogP contribution in [0.2, 0.25) is 5.02 Å². The molecule has 0 saturated carbocycles. The number of halogens is 1. The average Bonchev–Trinajstić information content (AvgIpc) is 2.34. The Morgan fingerprint density at radius 3 is 2.65 bits per heavy atom. The monoisotopic (exact) mass is 297 g/mol. The van der Waals surface area contributed by atoms with Crippen molar-refractivity contribution in [2.45, 2.75) is 45.0 Å². The van der Waals surface area contributed by atoms with E-state index < -0.39 is 6.10 Å². The number of hydrogen-bond donors (Lipinski definition) is 1. The zero-order chi connectivity index (χ0) is 14.8. The maximum Gasteiger partial charge on any atom is 0.0802 e. The molecule has 0 spiro atoms. The Bertz CT molecular complexity index is 433. The second kappa shape index (κ2) is 6.44. The summed E-state index contributed by atoms with van der Waals surface area (Å²) in [6.07, 6.45) is 0.532. The summed E-state index contributed by atoms with van der Waals surface area (Å²) in [4.78, 5) is 2.37. The highest BCUT2D eigenvalue weighted by Gasteiger charge is 2.31. The molecule has 1 heterocycles. The third-order valence-corrected chi connectivity index (χ3v) is 3.87. The van der Waals surface area contributed by atoms with Gasteiger partial charge in [0.1, 0.15) is 0 Å². The van der Waals surface area contributed by atoms with Crippen LogP contribution in [0.25, 0.3) is 0 Å². The fraction of sp³-hybridized carbons (Fsp3) is 0.625. The molecule has 4 heteroatoms. The number of benzene rings is 1. The maximum atomic E-state index is 10.2. The molecule has 1 saturated heterocycles. The summed E-state index contributed by atoms with van der Waals surface area (Å²) in [5.41, 5.74) is 0.818. The molecule has 1 aromatic rings. The number of morpholine rings is 1. The smallest absolute Gasteiger partial charge is 0.0802 e. The van der Waals surface area contributed by atoms with Crippen molar-refractivity contribution < 1.29 is 9.84 Å². The average molecular weight is 298 g/mol. The van der Waals surface area contributed by atoms with E-state index in [-0.39, 0.29) is 11.7 Å². The van der Waals surface area contributed by atoms with Crippen LogP contribution in [-0.2, 0) is 4.74 Å². The Kier molecular flexibility index (Phi) is 5.08. The van der Waals surface area contributed by atoms with Gasteiger partial charge in [-0.15, -0.1) is 0 Å². The van der Waals surface area contributed by atoms with Crippen LogP contribution in [0.4, 0.5) is 0 Å². The summed E-state index contributed by atoms with van der Waals surface area (Å²) in [5, 5.41) is 10.9. The molecule has 1 aliphatic rings. The number of nitrogens with zero attached hydrogens (tertiary/aromatic N) is 1. The molecule has 0 amide bonds. The Morgan fingerprint density at radius 2 is 2.05 bits per heavy atom. The molecular weight excluding hydrogens is 274 g/mol. The minimum atomic E-state index is -0.437. The molecule has 0 aromatic heterocycles. The first-order chi connectivity index (χ1) is 9.35. The number of hydrogen-bond acceptors (Lipinski definition) is 3. The number of aliphatic hydroxyl groups excluding tert-OH is 1. The van der Waals surface area contributed by atoms with Crippen LogP contribution in [0, 0.1) is 0 Å². The standard InChI is InChI=1S/C16H24ClNO2/c1-12-10-18(11-16(2,3)20-12)9-8-15(19)13-4-6-14(17)7-5-13/h4-7,12,15,19H,8-11H2,1-3H3. The lowest BCUT2D eigenvalue weighted by Gasteiger charge is -2.42. The van der Waals surface area contributed by atoms with Gasteiger partial charge in [-0.2, -0.15) is 0 Å². The molecule has 0 radical (unpaired) electrons. The predicted molar refractivity (Wildman–Crippen MR) is 82.1 cm³/mol. The molecular formula is C16H24ClNO2. The van der Waals surface area contributed by atoms with E-state index in [0.29, 0.717) is 5.02 Å². The topological polar surface area (TPSA) is 32.7 Å². The van der Waals surface area contributed by atoms with E-state index in [4.69, 9.17) is 16.3 Å². The minimum Gasteiger partial charge on any atom is -0.388 e. The molecule has 1 aromatic carbocycles. The molecule has 0 bridgehead atoms.